The zero-order chi connectivity index (χ0) is 15.7. The Bertz CT molecular complexity index is 647. The van der Waals surface area contributed by atoms with Gasteiger partial charge in [0.25, 0.3) is 0 Å². The van der Waals surface area contributed by atoms with E-state index in [1.807, 2.05) is 12.1 Å². The fourth-order valence-electron chi connectivity index (χ4n) is 3.69. The summed E-state index contributed by atoms with van der Waals surface area (Å²) < 4.78 is 22.3. The van der Waals surface area contributed by atoms with Gasteiger partial charge in [-0.1, -0.05) is 24.3 Å². The molecule has 2 aliphatic rings. The minimum Gasteiger partial charge on any atom is -0.342 e. The predicted octanol–water partition coefficient (Wildman–Crippen LogP) is 0.929. The van der Waals surface area contributed by atoms with Crippen molar-refractivity contribution in [3.63, 3.8) is 0 Å². The molecular formula is C16H22N2O3S. The van der Waals surface area contributed by atoms with Crippen molar-refractivity contribution >= 4 is 15.9 Å². The average Bonchev–Trinajstić information content (AvgIpc) is 3.02. The van der Waals surface area contributed by atoms with E-state index in [4.69, 9.17) is 5.14 Å². The SMILES string of the molecule is NS(=O)(=O)CC1CCN(C(=O)CC2Cc3ccccc3C2)C1. The molecule has 6 heteroatoms. The third-order valence-electron chi connectivity index (χ3n) is 4.71. The van der Waals surface area contributed by atoms with Crippen molar-refractivity contribution in [3.05, 3.63) is 35.4 Å². The lowest BCUT2D eigenvalue weighted by molar-refractivity contribution is -0.131. The first kappa shape index (κ1) is 15.5. The molecule has 1 aliphatic heterocycles. The number of nitrogens with two attached hydrogens (primary N) is 1. The molecule has 1 fully saturated rings. The Balaban J connectivity index is 1.52. The lowest BCUT2D eigenvalue weighted by Gasteiger charge is -2.18. The molecule has 5 nitrogen and oxygen atoms in total. The molecule has 1 aromatic rings. The van der Waals surface area contributed by atoms with Gasteiger partial charge in [0.15, 0.2) is 0 Å². The van der Waals surface area contributed by atoms with Crippen LogP contribution in [0, 0.1) is 11.8 Å². The average molecular weight is 322 g/mol. The maximum Gasteiger partial charge on any atom is 0.222 e. The van der Waals surface area contributed by atoms with E-state index in [1.54, 1.807) is 4.90 Å². The highest BCUT2D eigenvalue weighted by Crippen LogP contribution is 2.29. The topological polar surface area (TPSA) is 80.5 Å². The van der Waals surface area contributed by atoms with E-state index >= 15 is 0 Å². The number of carbonyl (C=O) groups is 1. The summed E-state index contributed by atoms with van der Waals surface area (Å²) in [5.74, 6) is 0.489. The van der Waals surface area contributed by atoms with Crippen LogP contribution in [0.3, 0.4) is 0 Å². The summed E-state index contributed by atoms with van der Waals surface area (Å²) in [4.78, 5) is 14.2. The van der Waals surface area contributed by atoms with Crippen LogP contribution < -0.4 is 5.14 Å². The van der Waals surface area contributed by atoms with Crippen LogP contribution in [0.15, 0.2) is 24.3 Å². The lowest BCUT2D eigenvalue weighted by atomic mass is 10.0. The zero-order valence-corrected chi connectivity index (χ0v) is 13.4. The summed E-state index contributed by atoms with van der Waals surface area (Å²) in [6, 6.07) is 8.36. The van der Waals surface area contributed by atoms with Gasteiger partial charge in [0.05, 0.1) is 5.75 Å². The number of benzene rings is 1. The Morgan fingerprint density at radius 3 is 2.41 bits per heavy atom. The van der Waals surface area contributed by atoms with E-state index in [1.165, 1.54) is 11.1 Å². The standard InChI is InChI=1S/C16H22N2O3S/c17-22(20,21)11-12-5-6-18(10-12)16(19)9-13-7-14-3-1-2-4-15(14)8-13/h1-4,12-13H,5-11H2,(H2,17,20,21). The third-order valence-corrected chi connectivity index (χ3v) is 5.64. The number of fused-ring (bicyclic) bond motifs is 1. The number of hydrogen-bond donors (Lipinski definition) is 1. The molecule has 1 saturated heterocycles. The molecule has 2 N–H and O–H groups in total. The van der Waals surface area contributed by atoms with E-state index in [0.29, 0.717) is 25.4 Å². The van der Waals surface area contributed by atoms with Gasteiger partial charge in [-0.2, -0.15) is 0 Å². The summed E-state index contributed by atoms with van der Waals surface area (Å²) in [7, 11) is -3.45. The summed E-state index contributed by atoms with van der Waals surface area (Å²) in [5.41, 5.74) is 2.71. The van der Waals surface area contributed by atoms with Crippen molar-refractivity contribution in [2.75, 3.05) is 18.8 Å². The van der Waals surface area contributed by atoms with E-state index in [0.717, 1.165) is 19.3 Å². The Morgan fingerprint density at radius 2 is 1.82 bits per heavy atom. The normalized spacial score (nSPS) is 22.0. The molecular weight excluding hydrogens is 300 g/mol. The molecule has 1 unspecified atom stereocenters. The van der Waals surface area contributed by atoms with E-state index in [2.05, 4.69) is 12.1 Å². The van der Waals surface area contributed by atoms with Gasteiger partial charge in [-0.25, -0.2) is 13.6 Å². The molecule has 0 saturated carbocycles. The molecule has 0 spiro atoms. The maximum absolute atomic E-state index is 12.4. The van der Waals surface area contributed by atoms with E-state index < -0.39 is 10.0 Å². The minimum atomic E-state index is -3.45. The Hall–Kier alpha value is -1.40. The van der Waals surface area contributed by atoms with Crippen LogP contribution in [0.1, 0.15) is 24.0 Å². The number of hydrogen-bond acceptors (Lipinski definition) is 3. The second-order valence-corrected chi connectivity index (χ2v) is 8.23. The quantitative estimate of drug-likeness (QED) is 0.895. The van der Waals surface area contributed by atoms with Crippen LogP contribution in [0.25, 0.3) is 0 Å². The highest BCUT2D eigenvalue weighted by atomic mass is 32.2. The van der Waals surface area contributed by atoms with Crippen molar-refractivity contribution in [3.8, 4) is 0 Å². The number of amides is 1. The van der Waals surface area contributed by atoms with Crippen molar-refractivity contribution in [2.45, 2.75) is 25.7 Å². The van der Waals surface area contributed by atoms with E-state index in [-0.39, 0.29) is 17.6 Å². The molecule has 1 heterocycles. The zero-order valence-electron chi connectivity index (χ0n) is 12.6. The predicted molar refractivity (Wildman–Crippen MR) is 84.6 cm³/mol. The smallest absolute Gasteiger partial charge is 0.222 e. The second-order valence-electron chi connectivity index (χ2n) is 6.57. The highest BCUT2D eigenvalue weighted by molar-refractivity contribution is 7.89. The first-order valence-corrected chi connectivity index (χ1v) is 9.47. The summed E-state index contributed by atoms with van der Waals surface area (Å²) >= 11 is 0. The molecule has 0 aromatic heterocycles. The molecule has 1 amide bonds. The van der Waals surface area contributed by atoms with Crippen LogP contribution in [0.2, 0.25) is 0 Å². The van der Waals surface area contributed by atoms with Gasteiger partial charge >= 0.3 is 0 Å². The fourth-order valence-corrected chi connectivity index (χ4v) is 4.62. The Morgan fingerprint density at radius 1 is 1.18 bits per heavy atom. The number of rotatable bonds is 4. The molecule has 3 rings (SSSR count). The number of carbonyl (C=O) groups excluding carboxylic acids is 1. The third kappa shape index (κ3) is 3.67. The minimum absolute atomic E-state index is 0.0141. The summed E-state index contributed by atoms with van der Waals surface area (Å²) in [5, 5.41) is 5.09. The van der Waals surface area contributed by atoms with Gasteiger partial charge in [-0.05, 0) is 42.2 Å². The molecule has 22 heavy (non-hydrogen) atoms. The fraction of sp³-hybridized carbons (Fsp3) is 0.562. The summed E-state index contributed by atoms with van der Waals surface area (Å²) in [6.45, 7) is 1.17. The molecule has 120 valence electrons. The maximum atomic E-state index is 12.4. The first-order valence-electron chi connectivity index (χ1n) is 7.76. The van der Waals surface area contributed by atoms with Crippen LogP contribution in [-0.2, 0) is 27.7 Å². The molecule has 1 aromatic carbocycles. The van der Waals surface area contributed by atoms with E-state index in [9.17, 15) is 13.2 Å². The number of primary sulfonamides is 1. The Kier molecular flexibility index (Phi) is 4.23. The second kappa shape index (κ2) is 6.01. The first-order chi connectivity index (χ1) is 10.4. The van der Waals surface area contributed by atoms with Gasteiger partial charge in [0, 0.05) is 19.5 Å². The van der Waals surface area contributed by atoms with Crippen molar-refractivity contribution < 1.29 is 13.2 Å². The monoisotopic (exact) mass is 322 g/mol. The van der Waals surface area contributed by atoms with Gasteiger partial charge in [0.2, 0.25) is 15.9 Å². The van der Waals surface area contributed by atoms with Crippen molar-refractivity contribution in [1.29, 1.82) is 0 Å². The van der Waals surface area contributed by atoms with Crippen LogP contribution in [0.4, 0.5) is 0 Å². The van der Waals surface area contributed by atoms with Crippen molar-refractivity contribution in [2.24, 2.45) is 17.0 Å². The molecule has 0 radical (unpaired) electrons. The summed E-state index contributed by atoms with van der Waals surface area (Å²) in [6.07, 6.45) is 3.22. The van der Waals surface area contributed by atoms with Gasteiger partial charge in [0.1, 0.15) is 0 Å². The highest BCUT2D eigenvalue weighted by Gasteiger charge is 2.31. The van der Waals surface area contributed by atoms with Crippen LogP contribution >= 0.6 is 0 Å². The van der Waals surface area contributed by atoms with Crippen LogP contribution in [0.5, 0.6) is 0 Å². The van der Waals surface area contributed by atoms with Crippen LogP contribution in [-0.4, -0.2) is 38.1 Å². The lowest BCUT2D eigenvalue weighted by Crippen LogP contribution is -2.32. The molecule has 1 aliphatic carbocycles. The number of nitrogens with zero attached hydrogens (tertiary/aromatic N) is 1. The van der Waals surface area contributed by atoms with Crippen molar-refractivity contribution in [1.82, 2.24) is 4.90 Å². The number of likely N-dealkylation sites (tertiary alicyclic amines) is 1. The molecule has 0 bridgehead atoms. The Labute approximate surface area is 131 Å². The van der Waals surface area contributed by atoms with Gasteiger partial charge in [-0.15, -0.1) is 0 Å². The number of sulfonamides is 1. The molecule has 1 atom stereocenters. The van der Waals surface area contributed by atoms with Gasteiger partial charge in [-0.3, -0.25) is 4.79 Å². The van der Waals surface area contributed by atoms with Gasteiger partial charge < -0.3 is 4.90 Å². The largest absolute Gasteiger partial charge is 0.342 e.